The SMILES string of the molecule is N#Cc1ccc(C(O)C(=O)O)cc1Br. The number of nitriles is 1. The molecule has 5 heteroatoms. The summed E-state index contributed by atoms with van der Waals surface area (Å²) >= 11 is 3.10. The first-order valence-corrected chi connectivity index (χ1v) is 4.46. The largest absolute Gasteiger partial charge is 0.479 e. The number of carboxylic acid groups (broad SMARTS) is 1. The Morgan fingerprint density at radius 3 is 2.64 bits per heavy atom. The summed E-state index contributed by atoms with van der Waals surface area (Å²) in [5, 5.41) is 26.3. The zero-order chi connectivity index (χ0) is 10.7. The zero-order valence-electron chi connectivity index (χ0n) is 6.94. The van der Waals surface area contributed by atoms with Crippen molar-refractivity contribution in [1.82, 2.24) is 0 Å². The van der Waals surface area contributed by atoms with Crippen molar-refractivity contribution in [2.45, 2.75) is 6.10 Å². The minimum atomic E-state index is -1.56. The van der Waals surface area contributed by atoms with Gasteiger partial charge in [-0.05, 0) is 33.6 Å². The van der Waals surface area contributed by atoms with Crippen LogP contribution in [-0.2, 0) is 4.79 Å². The fourth-order valence-corrected chi connectivity index (χ4v) is 1.42. The molecule has 1 aromatic carbocycles. The number of aliphatic carboxylic acids is 1. The zero-order valence-corrected chi connectivity index (χ0v) is 8.52. The van der Waals surface area contributed by atoms with E-state index in [2.05, 4.69) is 15.9 Å². The second kappa shape index (κ2) is 4.22. The summed E-state index contributed by atoms with van der Waals surface area (Å²) in [6.45, 7) is 0. The van der Waals surface area contributed by atoms with Gasteiger partial charge < -0.3 is 10.2 Å². The number of carboxylic acids is 1. The number of halogens is 1. The molecule has 4 nitrogen and oxygen atoms in total. The molecule has 0 aliphatic carbocycles. The van der Waals surface area contributed by atoms with Crippen LogP contribution in [0.1, 0.15) is 17.2 Å². The second-order valence-corrected chi connectivity index (χ2v) is 3.45. The van der Waals surface area contributed by atoms with Crippen LogP contribution in [0.25, 0.3) is 0 Å². The summed E-state index contributed by atoms with van der Waals surface area (Å²) in [5.74, 6) is -1.32. The Hall–Kier alpha value is -1.38. The quantitative estimate of drug-likeness (QED) is 0.838. The van der Waals surface area contributed by atoms with Crippen LogP contribution in [0.2, 0.25) is 0 Å². The lowest BCUT2D eigenvalue weighted by atomic mass is 10.1. The molecule has 0 amide bonds. The van der Waals surface area contributed by atoms with E-state index in [1.807, 2.05) is 6.07 Å². The van der Waals surface area contributed by atoms with E-state index < -0.39 is 12.1 Å². The maximum absolute atomic E-state index is 10.4. The van der Waals surface area contributed by atoms with E-state index in [1.54, 1.807) is 0 Å². The van der Waals surface area contributed by atoms with Gasteiger partial charge in [0.05, 0.1) is 5.56 Å². The Morgan fingerprint density at radius 1 is 1.57 bits per heavy atom. The summed E-state index contributed by atoms with van der Waals surface area (Å²) in [5.41, 5.74) is 0.634. The number of rotatable bonds is 2. The summed E-state index contributed by atoms with van der Waals surface area (Å²) in [4.78, 5) is 10.4. The van der Waals surface area contributed by atoms with Gasteiger partial charge in [-0.2, -0.15) is 5.26 Å². The molecule has 0 heterocycles. The highest BCUT2D eigenvalue weighted by atomic mass is 79.9. The van der Waals surface area contributed by atoms with Crippen LogP contribution >= 0.6 is 15.9 Å². The summed E-state index contributed by atoms with van der Waals surface area (Å²) in [7, 11) is 0. The molecule has 0 bridgehead atoms. The standard InChI is InChI=1S/C9H6BrNO3/c10-7-3-5(8(12)9(13)14)1-2-6(7)4-11/h1-3,8,12H,(H,13,14). The number of benzene rings is 1. The van der Waals surface area contributed by atoms with E-state index in [-0.39, 0.29) is 5.56 Å². The lowest BCUT2D eigenvalue weighted by Crippen LogP contribution is -2.10. The molecule has 0 radical (unpaired) electrons. The van der Waals surface area contributed by atoms with Crippen molar-refractivity contribution in [3.63, 3.8) is 0 Å². The molecule has 0 aromatic heterocycles. The number of aliphatic hydroxyl groups is 1. The molecule has 1 unspecified atom stereocenters. The van der Waals surface area contributed by atoms with Crippen LogP contribution in [0.4, 0.5) is 0 Å². The number of aliphatic hydroxyl groups excluding tert-OH is 1. The Balaban J connectivity index is 3.10. The van der Waals surface area contributed by atoms with Crippen LogP contribution < -0.4 is 0 Å². The fraction of sp³-hybridized carbons (Fsp3) is 0.111. The van der Waals surface area contributed by atoms with Gasteiger partial charge >= 0.3 is 5.97 Å². The predicted molar refractivity (Wildman–Crippen MR) is 51.5 cm³/mol. The van der Waals surface area contributed by atoms with Crippen LogP contribution in [0.15, 0.2) is 22.7 Å². The van der Waals surface area contributed by atoms with Crippen molar-refractivity contribution >= 4 is 21.9 Å². The first-order valence-electron chi connectivity index (χ1n) is 3.66. The lowest BCUT2D eigenvalue weighted by Gasteiger charge is -2.06. The van der Waals surface area contributed by atoms with E-state index >= 15 is 0 Å². The first-order chi connectivity index (χ1) is 6.56. The van der Waals surface area contributed by atoms with Gasteiger partial charge in [-0.3, -0.25) is 0 Å². The van der Waals surface area contributed by atoms with Gasteiger partial charge in [0, 0.05) is 4.47 Å². The van der Waals surface area contributed by atoms with Crippen LogP contribution in [-0.4, -0.2) is 16.2 Å². The van der Waals surface area contributed by atoms with Crippen LogP contribution in [0, 0.1) is 11.3 Å². The number of hydrogen-bond acceptors (Lipinski definition) is 3. The fourth-order valence-electron chi connectivity index (χ4n) is 0.935. The monoisotopic (exact) mass is 255 g/mol. The van der Waals surface area contributed by atoms with Crippen molar-refractivity contribution in [1.29, 1.82) is 5.26 Å². The molecule has 0 spiro atoms. The van der Waals surface area contributed by atoms with E-state index in [4.69, 9.17) is 10.4 Å². The van der Waals surface area contributed by atoms with E-state index in [1.165, 1.54) is 18.2 Å². The molecule has 1 rings (SSSR count). The van der Waals surface area contributed by atoms with Gasteiger partial charge in [0.1, 0.15) is 6.07 Å². The van der Waals surface area contributed by atoms with E-state index in [0.29, 0.717) is 10.0 Å². The molecule has 1 atom stereocenters. The highest BCUT2D eigenvalue weighted by molar-refractivity contribution is 9.10. The minimum absolute atomic E-state index is 0.239. The molecule has 0 saturated carbocycles. The summed E-state index contributed by atoms with van der Waals surface area (Å²) in [6.07, 6.45) is -1.56. The van der Waals surface area contributed by atoms with Gasteiger partial charge in [0.15, 0.2) is 6.10 Å². The number of hydrogen-bond donors (Lipinski definition) is 2. The summed E-state index contributed by atoms with van der Waals surface area (Å²) < 4.78 is 0.470. The third kappa shape index (κ3) is 2.10. The summed E-state index contributed by atoms with van der Waals surface area (Å²) in [6, 6.07) is 6.18. The average molecular weight is 256 g/mol. The molecular weight excluding hydrogens is 250 g/mol. The van der Waals surface area contributed by atoms with E-state index in [9.17, 15) is 9.90 Å². The second-order valence-electron chi connectivity index (χ2n) is 2.59. The van der Waals surface area contributed by atoms with Crippen molar-refractivity contribution in [2.24, 2.45) is 0 Å². The van der Waals surface area contributed by atoms with Crippen LogP contribution in [0.5, 0.6) is 0 Å². The lowest BCUT2D eigenvalue weighted by molar-refractivity contribution is -0.146. The molecule has 0 aliphatic heterocycles. The third-order valence-electron chi connectivity index (χ3n) is 1.66. The Labute approximate surface area is 88.5 Å². The van der Waals surface area contributed by atoms with Crippen LogP contribution in [0.3, 0.4) is 0 Å². The van der Waals surface area contributed by atoms with Crippen molar-refractivity contribution in [3.05, 3.63) is 33.8 Å². The molecule has 0 aliphatic rings. The molecule has 14 heavy (non-hydrogen) atoms. The Kier molecular flexibility index (Phi) is 3.23. The molecule has 0 saturated heterocycles. The topological polar surface area (TPSA) is 81.3 Å². The van der Waals surface area contributed by atoms with Gasteiger partial charge in [0.2, 0.25) is 0 Å². The normalized spacial score (nSPS) is 11.8. The maximum atomic E-state index is 10.4. The van der Waals surface area contributed by atoms with Crippen molar-refractivity contribution in [3.8, 4) is 6.07 Å². The van der Waals surface area contributed by atoms with Crippen molar-refractivity contribution < 1.29 is 15.0 Å². The van der Waals surface area contributed by atoms with Gasteiger partial charge in [0.25, 0.3) is 0 Å². The molecule has 0 fully saturated rings. The molecule has 1 aromatic rings. The Bertz CT molecular complexity index is 411. The molecule has 72 valence electrons. The molecular formula is C9H6BrNO3. The predicted octanol–water partition coefficient (Wildman–Crippen LogP) is 1.44. The maximum Gasteiger partial charge on any atom is 0.337 e. The Morgan fingerprint density at radius 2 is 2.21 bits per heavy atom. The van der Waals surface area contributed by atoms with Gasteiger partial charge in [-0.1, -0.05) is 6.07 Å². The van der Waals surface area contributed by atoms with Gasteiger partial charge in [-0.15, -0.1) is 0 Å². The molecule has 2 N–H and O–H groups in total. The highest BCUT2D eigenvalue weighted by Gasteiger charge is 2.16. The number of nitrogens with zero attached hydrogens (tertiary/aromatic N) is 1. The minimum Gasteiger partial charge on any atom is -0.479 e. The smallest absolute Gasteiger partial charge is 0.337 e. The number of carbonyl (C=O) groups is 1. The average Bonchev–Trinajstić information content (AvgIpc) is 2.16. The highest BCUT2D eigenvalue weighted by Crippen LogP contribution is 2.21. The van der Waals surface area contributed by atoms with E-state index in [0.717, 1.165) is 0 Å². The first kappa shape index (κ1) is 10.7. The van der Waals surface area contributed by atoms with Gasteiger partial charge in [-0.25, -0.2) is 4.79 Å². The third-order valence-corrected chi connectivity index (χ3v) is 2.32. The van der Waals surface area contributed by atoms with Crippen molar-refractivity contribution in [2.75, 3.05) is 0 Å².